The molecular weight excluding hydrogens is 368 g/mol. The van der Waals surface area contributed by atoms with Gasteiger partial charge in [0.15, 0.2) is 0 Å². The van der Waals surface area contributed by atoms with Crippen LogP contribution in [0.2, 0.25) is 0 Å². The van der Waals surface area contributed by atoms with Crippen LogP contribution in [-0.4, -0.2) is 25.2 Å². The number of benzene rings is 1. The van der Waals surface area contributed by atoms with E-state index >= 15 is 0 Å². The minimum Gasteiger partial charge on any atom is -0.455 e. The van der Waals surface area contributed by atoms with E-state index in [2.05, 4.69) is 6.58 Å². The van der Waals surface area contributed by atoms with Crippen LogP contribution in [0, 0.1) is 24.7 Å². The summed E-state index contributed by atoms with van der Waals surface area (Å²) in [4.78, 5) is 12.4. The highest BCUT2D eigenvalue weighted by molar-refractivity contribution is 8.72. The van der Waals surface area contributed by atoms with Crippen LogP contribution in [0.1, 0.15) is 37.7 Å². The summed E-state index contributed by atoms with van der Waals surface area (Å²) in [7, 11) is -2.50. The van der Waals surface area contributed by atoms with E-state index in [1.54, 1.807) is 18.2 Å². The lowest BCUT2D eigenvalue weighted by Crippen LogP contribution is -2.61. The molecule has 0 saturated heterocycles. The molecular formula is C20H24O4S2. The number of hydrogen-bond acceptors (Lipinski definition) is 5. The second-order valence-electron chi connectivity index (χ2n) is 8.08. The Balaban J connectivity index is 1.67. The van der Waals surface area contributed by atoms with Crippen molar-refractivity contribution in [1.82, 2.24) is 0 Å². The van der Waals surface area contributed by atoms with Crippen LogP contribution in [0.5, 0.6) is 0 Å². The van der Waals surface area contributed by atoms with E-state index in [1.165, 1.54) is 12.5 Å². The third-order valence-electron chi connectivity index (χ3n) is 6.13. The van der Waals surface area contributed by atoms with Gasteiger partial charge in [-0.05, 0) is 85.3 Å². The Morgan fingerprint density at radius 1 is 1.27 bits per heavy atom. The van der Waals surface area contributed by atoms with Crippen LogP contribution < -0.4 is 0 Å². The largest absolute Gasteiger partial charge is 0.455 e. The van der Waals surface area contributed by atoms with Crippen molar-refractivity contribution in [3.8, 4) is 0 Å². The zero-order valence-electron chi connectivity index (χ0n) is 14.9. The minimum absolute atomic E-state index is 0.204. The summed E-state index contributed by atoms with van der Waals surface area (Å²) in [6.07, 6.45) is 6.03. The highest BCUT2D eigenvalue weighted by atomic mass is 33.1. The Kier molecular flexibility index (Phi) is 4.47. The first kappa shape index (κ1) is 18.1. The number of rotatable bonds is 5. The highest BCUT2D eigenvalue weighted by Crippen LogP contribution is 2.61. The fraction of sp³-hybridized carbons (Fsp3) is 0.550. The molecule has 6 heteroatoms. The normalized spacial score (nSPS) is 35.3. The molecule has 0 heterocycles. The number of aryl methyl sites for hydroxylation is 1. The maximum Gasteiger partial charge on any atom is 0.330 e. The van der Waals surface area contributed by atoms with Gasteiger partial charge >= 0.3 is 5.97 Å². The van der Waals surface area contributed by atoms with Gasteiger partial charge in [-0.25, -0.2) is 13.2 Å². The monoisotopic (exact) mass is 392 g/mol. The second-order valence-corrected chi connectivity index (χ2v) is 12.1. The summed E-state index contributed by atoms with van der Waals surface area (Å²) in [5.41, 5.74) is 0.256. The molecule has 3 atom stereocenters. The van der Waals surface area contributed by atoms with Gasteiger partial charge in [0.1, 0.15) is 5.60 Å². The van der Waals surface area contributed by atoms with Crippen LogP contribution >= 0.6 is 10.8 Å². The molecule has 1 aromatic carbocycles. The first-order chi connectivity index (χ1) is 12.3. The van der Waals surface area contributed by atoms with Crippen LogP contribution in [0.4, 0.5) is 0 Å². The number of esters is 1. The van der Waals surface area contributed by atoms with E-state index in [0.717, 1.165) is 42.0 Å². The van der Waals surface area contributed by atoms with Gasteiger partial charge in [0.2, 0.25) is 8.87 Å². The van der Waals surface area contributed by atoms with Crippen molar-refractivity contribution in [3.05, 3.63) is 42.5 Å². The zero-order chi connectivity index (χ0) is 18.5. The third-order valence-corrected chi connectivity index (χ3v) is 10.2. The van der Waals surface area contributed by atoms with Crippen molar-refractivity contribution in [2.45, 2.75) is 54.8 Å². The van der Waals surface area contributed by atoms with Gasteiger partial charge in [-0.2, -0.15) is 0 Å². The van der Waals surface area contributed by atoms with Gasteiger partial charge in [0, 0.05) is 6.08 Å². The molecule has 4 bridgehead atoms. The molecule has 5 rings (SSSR count). The predicted octanol–water partition coefficient (Wildman–Crippen LogP) is 4.09. The molecule has 4 aliphatic carbocycles. The molecule has 0 aromatic heterocycles. The van der Waals surface area contributed by atoms with Crippen LogP contribution in [0.15, 0.2) is 41.8 Å². The zero-order valence-corrected chi connectivity index (χ0v) is 16.5. The Hall–Kier alpha value is -1.27. The fourth-order valence-corrected chi connectivity index (χ4v) is 9.65. The lowest BCUT2D eigenvalue weighted by atomic mass is 9.54. The number of carbonyl (C=O) groups excluding carboxylic acids is 1. The lowest BCUT2D eigenvalue weighted by Gasteiger charge is -2.59. The number of carbonyl (C=O) groups is 1. The topological polar surface area (TPSA) is 60.4 Å². The molecule has 4 saturated carbocycles. The molecule has 4 aliphatic rings. The molecule has 26 heavy (non-hydrogen) atoms. The maximum atomic E-state index is 13.1. The third kappa shape index (κ3) is 3.11. The molecule has 0 radical (unpaired) electrons. The van der Waals surface area contributed by atoms with E-state index in [-0.39, 0.29) is 5.25 Å². The van der Waals surface area contributed by atoms with Crippen molar-refractivity contribution in [1.29, 1.82) is 0 Å². The lowest BCUT2D eigenvalue weighted by molar-refractivity contribution is -0.178. The maximum absolute atomic E-state index is 13.1. The summed E-state index contributed by atoms with van der Waals surface area (Å²) in [5.74, 6) is 0.946. The first-order valence-corrected chi connectivity index (χ1v) is 12.0. The average Bonchev–Trinajstić information content (AvgIpc) is 2.57. The van der Waals surface area contributed by atoms with Gasteiger partial charge in [-0.15, -0.1) is 0 Å². The van der Waals surface area contributed by atoms with Crippen molar-refractivity contribution in [2.24, 2.45) is 17.8 Å². The second kappa shape index (κ2) is 6.41. The molecule has 140 valence electrons. The van der Waals surface area contributed by atoms with Gasteiger partial charge in [-0.3, -0.25) is 0 Å². The van der Waals surface area contributed by atoms with E-state index in [1.807, 2.05) is 13.0 Å². The van der Waals surface area contributed by atoms with Crippen LogP contribution in [0.3, 0.4) is 0 Å². The summed E-state index contributed by atoms with van der Waals surface area (Å²) in [6, 6.07) is 7.02. The molecule has 3 unspecified atom stereocenters. The van der Waals surface area contributed by atoms with Crippen LogP contribution in [0.25, 0.3) is 0 Å². The fourth-order valence-electron chi connectivity index (χ4n) is 5.43. The highest BCUT2D eigenvalue weighted by Gasteiger charge is 2.60. The van der Waals surface area contributed by atoms with Crippen molar-refractivity contribution in [3.63, 3.8) is 0 Å². The summed E-state index contributed by atoms with van der Waals surface area (Å²) >= 11 is 0. The molecule has 1 aromatic rings. The van der Waals surface area contributed by atoms with Gasteiger partial charge in [0.05, 0.1) is 10.1 Å². The summed E-state index contributed by atoms with van der Waals surface area (Å²) in [6.45, 7) is 5.40. The Morgan fingerprint density at radius 2 is 1.96 bits per heavy atom. The molecule has 4 fully saturated rings. The average molecular weight is 393 g/mol. The van der Waals surface area contributed by atoms with Crippen molar-refractivity contribution in [2.75, 3.05) is 0 Å². The number of ether oxygens (including phenoxy) is 1. The van der Waals surface area contributed by atoms with Gasteiger partial charge in [0.25, 0.3) is 0 Å². The van der Waals surface area contributed by atoms with Crippen molar-refractivity contribution < 1.29 is 17.9 Å². The molecule has 0 aliphatic heterocycles. The SMILES string of the molecule is C=CC(=O)OC12CC3CC(CC(C3)C1SS(=O)(=O)c1cccc(C)c1)C2. The Morgan fingerprint density at radius 3 is 2.58 bits per heavy atom. The molecule has 4 nitrogen and oxygen atoms in total. The predicted molar refractivity (Wildman–Crippen MR) is 102 cm³/mol. The molecule has 0 N–H and O–H groups in total. The van der Waals surface area contributed by atoms with E-state index in [4.69, 9.17) is 4.74 Å². The Bertz CT molecular complexity index is 831. The summed E-state index contributed by atoms with van der Waals surface area (Å²) in [5, 5.41) is -0.204. The minimum atomic E-state index is -3.51. The smallest absolute Gasteiger partial charge is 0.330 e. The van der Waals surface area contributed by atoms with E-state index in [9.17, 15) is 13.2 Å². The summed E-state index contributed by atoms with van der Waals surface area (Å²) < 4.78 is 32.0. The molecule has 0 amide bonds. The molecule has 0 spiro atoms. The van der Waals surface area contributed by atoms with E-state index in [0.29, 0.717) is 22.6 Å². The van der Waals surface area contributed by atoms with Gasteiger partial charge in [-0.1, -0.05) is 18.7 Å². The van der Waals surface area contributed by atoms with Crippen LogP contribution in [-0.2, 0) is 18.4 Å². The number of hydrogen-bond donors (Lipinski definition) is 0. The first-order valence-electron chi connectivity index (χ1n) is 9.17. The standard InChI is InChI=1S/C20H24O4S2/c1-3-18(21)24-20-11-14-8-15(12-20)10-16(9-14)19(20)25-26(22,23)17-6-4-5-13(2)7-17/h3-7,14-16,19H,1,8-12H2,2H3. The van der Waals surface area contributed by atoms with Crippen molar-refractivity contribution >= 4 is 25.6 Å². The quantitative estimate of drug-likeness (QED) is 0.429. The van der Waals surface area contributed by atoms with Gasteiger partial charge < -0.3 is 4.74 Å². The van der Waals surface area contributed by atoms with E-state index < -0.39 is 20.4 Å². The Labute approximate surface area is 158 Å².